The Morgan fingerprint density at radius 2 is 2.00 bits per heavy atom. The van der Waals surface area contributed by atoms with Crippen molar-refractivity contribution in [3.05, 3.63) is 0 Å². The van der Waals surface area contributed by atoms with Crippen molar-refractivity contribution < 1.29 is 14.6 Å². The molecule has 0 spiro atoms. The Balaban J connectivity index is 2.49. The summed E-state index contributed by atoms with van der Waals surface area (Å²) in [5, 5.41) is 12.5. The van der Waals surface area contributed by atoms with Crippen molar-refractivity contribution in [1.82, 2.24) is 5.32 Å². The second-order valence-electron chi connectivity index (χ2n) is 5.34. The van der Waals surface area contributed by atoms with Crippen molar-refractivity contribution in [2.24, 2.45) is 5.92 Å². The fraction of sp³-hybridized carbons (Fsp3) is 0.923. The largest absolute Gasteiger partial charge is 0.480 e. The Morgan fingerprint density at radius 1 is 1.41 bits per heavy atom. The fourth-order valence-corrected chi connectivity index (χ4v) is 2.62. The van der Waals surface area contributed by atoms with Gasteiger partial charge in [0.25, 0.3) is 0 Å². The van der Waals surface area contributed by atoms with Crippen LogP contribution in [0.1, 0.15) is 46.0 Å². The molecule has 0 radical (unpaired) electrons. The quantitative estimate of drug-likeness (QED) is 0.749. The van der Waals surface area contributed by atoms with Crippen LogP contribution in [0, 0.1) is 5.92 Å². The summed E-state index contributed by atoms with van der Waals surface area (Å²) in [6, 6.07) is 0.314. The van der Waals surface area contributed by atoms with Gasteiger partial charge in [-0.25, -0.2) is 0 Å². The minimum atomic E-state index is -0.960. The number of hydrogen-bond donors (Lipinski definition) is 2. The average Bonchev–Trinajstić information content (AvgIpc) is 2.30. The zero-order chi connectivity index (χ0) is 12.9. The molecule has 0 aromatic heterocycles. The summed E-state index contributed by atoms with van der Waals surface area (Å²) in [5.74, 6) is -0.0106. The molecule has 1 saturated carbocycles. The summed E-state index contributed by atoms with van der Waals surface area (Å²) in [7, 11) is 1.54. The summed E-state index contributed by atoms with van der Waals surface area (Å²) in [4.78, 5) is 11.3. The van der Waals surface area contributed by atoms with Crippen molar-refractivity contribution in [2.75, 3.05) is 13.7 Å². The maximum atomic E-state index is 11.3. The molecule has 1 rings (SSSR count). The Morgan fingerprint density at radius 3 is 2.41 bits per heavy atom. The molecule has 1 atom stereocenters. The fourth-order valence-electron chi connectivity index (χ4n) is 2.62. The number of rotatable bonds is 6. The molecule has 2 N–H and O–H groups in total. The number of carbonyl (C=O) groups is 1. The van der Waals surface area contributed by atoms with Gasteiger partial charge in [0, 0.05) is 13.2 Å². The van der Waals surface area contributed by atoms with E-state index in [1.54, 1.807) is 6.92 Å². The van der Waals surface area contributed by atoms with Gasteiger partial charge in [-0.3, -0.25) is 10.1 Å². The van der Waals surface area contributed by atoms with Crippen molar-refractivity contribution in [3.8, 4) is 0 Å². The first-order chi connectivity index (χ1) is 8.01. The molecule has 4 nitrogen and oxygen atoms in total. The van der Waals surface area contributed by atoms with Gasteiger partial charge in [0.2, 0.25) is 0 Å². The molecule has 0 aromatic rings. The van der Waals surface area contributed by atoms with E-state index in [0.29, 0.717) is 6.04 Å². The van der Waals surface area contributed by atoms with E-state index >= 15 is 0 Å². The van der Waals surface area contributed by atoms with Crippen LogP contribution in [0.2, 0.25) is 0 Å². The average molecular weight is 243 g/mol. The number of ether oxygens (including phenoxy) is 1. The third-order valence-corrected chi connectivity index (χ3v) is 3.85. The highest BCUT2D eigenvalue weighted by Crippen LogP contribution is 2.27. The molecule has 0 heterocycles. The van der Waals surface area contributed by atoms with Crippen LogP contribution in [0.4, 0.5) is 0 Å². The van der Waals surface area contributed by atoms with Crippen LogP contribution in [0.25, 0.3) is 0 Å². The lowest BCUT2D eigenvalue weighted by atomic mass is 9.83. The first-order valence-corrected chi connectivity index (χ1v) is 6.52. The summed E-state index contributed by atoms with van der Waals surface area (Å²) >= 11 is 0. The van der Waals surface area contributed by atoms with Crippen LogP contribution in [0.15, 0.2) is 0 Å². The zero-order valence-electron chi connectivity index (χ0n) is 11.2. The van der Waals surface area contributed by atoms with Crippen LogP contribution in [0.5, 0.6) is 0 Å². The van der Waals surface area contributed by atoms with Gasteiger partial charge in [0.05, 0.1) is 6.61 Å². The monoisotopic (exact) mass is 243 g/mol. The molecule has 17 heavy (non-hydrogen) atoms. The van der Waals surface area contributed by atoms with E-state index < -0.39 is 11.5 Å². The van der Waals surface area contributed by atoms with E-state index in [1.807, 2.05) is 0 Å². The predicted molar refractivity (Wildman–Crippen MR) is 67.1 cm³/mol. The lowest BCUT2D eigenvalue weighted by molar-refractivity contribution is -0.147. The van der Waals surface area contributed by atoms with Crippen LogP contribution >= 0.6 is 0 Å². The van der Waals surface area contributed by atoms with Gasteiger partial charge in [-0.05, 0) is 38.5 Å². The summed E-state index contributed by atoms with van der Waals surface area (Å²) in [6.07, 6.45) is 5.80. The first kappa shape index (κ1) is 14.5. The van der Waals surface area contributed by atoms with E-state index in [-0.39, 0.29) is 6.61 Å². The second-order valence-corrected chi connectivity index (χ2v) is 5.34. The van der Waals surface area contributed by atoms with Crippen LogP contribution in [-0.2, 0) is 9.53 Å². The second kappa shape index (κ2) is 6.36. The number of nitrogens with one attached hydrogen (secondary N) is 1. The maximum Gasteiger partial charge on any atom is 0.326 e. The highest BCUT2D eigenvalue weighted by Gasteiger charge is 2.36. The highest BCUT2D eigenvalue weighted by molar-refractivity contribution is 5.78. The molecule has 1 aliphatic carbocycles. The maximum absolute atomic E-state index is 11.3. The Labute approximate surface area is 104 Å². The van der Waals surface area contributed by atoms with E-state index in [4.69, 9.17) is 4.74 Å². The Hall–Kier alpha value is -0.610. The third-order valence-electron chi connectivity index (χ3n) is 3.85. The summed E-state index contributed by atoms with van der Waals surface area (Å²) in [5.41, 5.74) is -0.960. The normalized spacial score (nSPS) is 28.6. The van der Waals surface area contributed by atoms with Crippen molar-refractivity contribution in [3.63, 3.8) is 0 Å². The number of hydrogen-bond acceptors (Lipinski definition) is 3. The first-order valence-electron chi connectivity index (χ1n) is 6.52. The number of methoxy groups -OCH3 is 1. The smallest absolute Gasteiger partial charge is 0.326 e. The Kier molecular flexibility index (Phi) is 5.40. The number of carboxylic acid groups (broad SMARTS) is 1. The van der Waals surface area contributed by atoms with E-state index in [0.717, 1.165) is 18.8 Å². The molecular formula is C13H25NO3. The van der Waals surface area contributed by atoms with Gasteiger partial charge >= 0.3 is 5.97 Å². The number of aliphatic carboxylic acids is 1. The molecule has 1 aliphatic rings. The topological polar surface area (TPSA) is 58.6 Å². The van der Waals surface area contributed by atoms with E-state index in [9.17, 15) is 9.90 Å². The van der Waals surface area contributed by atoms with Crippen molar-refractivity contribution >= 4 is 5.97 Å². The van der Waals surface area contributed by atoms with Gasteiger partial charge in [-0.15, -0.1) is 0 Å². The molecule has 4 heteroatoms. The van der Waals surface area contributed by atoms with Gasteiger partial charge in [0.15, 0.2) is 0 Å². The van der Waals surface area contributed by atoms with Gasteiger partial charge < -0.3 is 9.84 Å². The minimum absolute atomic E-state index is 0.204. The standard InChI is InChI=1S/C13H25NO3/c1-4-10-5-7-11(8-6-10)14-13(2,9-17-3)12(15)16/h10-11,14H,4-9H2,1-3H3,(H,15,16). The lowest BCUT2D eigenvalue weighted by Gasteiger charge is -2.35. The number of carboxylic acids is 1. The van der Waals surface area contributed by atoms with Gasteiger partial charge in [0.1, 0.15) is 5.54 Å². The Bertz CT molecular complexity index is 249. The van der Waals surface area contributed by atoms with E-state index in [1.165, 1.54) is 26.4 Å². The SMILES string of the molecule is CCC1CCC(NC(C)(COC)C(=O)O)CC1. The minimum Gasteiger partial charge on any atom is -0.480 e. The highest BCUT2D eigenvalue weighted by atomic mass is 16.5. The van der Waals surface area contributed by atoms with Crippen LogP contribution in [-0.4, -0.2) is 36.4 Å². The third kappa shape index (κ3) is 3.96. The molecule has 100 valence electrons. The summed E-state index contributed by atoms with van der Waals surface area (Å²) < 4.78 is 5.01. The van der Waals surface area contributed by atoms with Gasteiger partial charge in [-0.2, -0.15) is 0 Å². The summed E-state index contributed by atoms with van der Waals surface area (Å²) in [6.45, 7) is 4.13. The van der Waals surface area contributed by atoms with Crippen molar-refractivity contribution in [1.29, 1.82) is 0 Å². The molecule has 0 aliphatic heterocycles. The van der Waals surface area contributed by atoms with Crippen LogP contribution < -0.4 is 5.32 Å². The van der Waals surface area contributed by atoms with Crippen LogP contribution in [0.3, 0.4) is 0 Å². The van der Waals surface area contributed by atoms with E-state index in [2.05, 4.69) is 12.2 Å². The zero-order valence-corrected chi connectivity index (χ0v) is 11.2. The molecule has 0 aromatic carbocycles. The molecule has 1 unspecified atom stereocenters. The van der Waals surface area contributed by atoms with Crippen molar-refractivity contribution in [2.45, 2.75) is 57.5 Å². The predicted octanol–water partition coefficient (Wildman–Crippen LogP) is 2.03. The molecule has 0 bridgehead atoms. The lowest BCUT2D eigenvalue weighted by Crippen LogP contribution is -2.57. The van der Waals surface area contributed by atoms with Gasteiger partial charge in [-0.1, -0.05) is 13.3 Å². The molecule has 0 amide bonds. The molecular weight excluding hydrogens is 218 g/mol. The molecule has 0 saturated heterocycles. The molecule has 1 fully saturated rings.